The Labute approximate surface area is 151 Å². The molecule has 0 saturated carbocycles. The summed E-state index contributed by atoms with van der Waals surface area (Å²) >= 11 is 0. The van der Waals surface area contributed by atoms with E-state index in [2.05, 4.69) is 29.4 Å². The highest BCUT2D eigenvalue weighted by Crippen LogP contribution is 2.12. The topological polar surface area (TPSA) is 53.6 Å². The van der Waals surface area contributed by atoms with E-state index in [9.17, 15) is 4.79 Å². The van der Waals surface area contributed by atoms with E-state index in [-0.39, 0.29) is 24.4 Å². The number of hydrogen-bond acceptors (Lipinski definition) is 4. The van der Waals surface area contributed by atoms with Crippen LogP contribution in [-0.4, -0.2) is 49.6 Å². The van der Waals surface area contributed by atoms with Gasteiger partial charge in [-0.25, -0.2) is 0 Å². The standard InChI is InChI=1S/C18H29N3O2.ClH/c1-3-21(4-2)12-13-23-16-9-7-15(8-10-16)14-20-18(22)17-6-5-11-19-17;/h7-10,17,19H,3-6,11-14H2,1-2H3,(H,20,22);1H/t17-;/m0./s1. The first-order chi connectivity index (χ1) is 11.2. The monoisotopic (exact) mass is 355 g/mol. The molecule has 0 aliphatic carbocycles. The van der Waals surface area contributed by atoms with Gasteiger partial charge in [0.1, 0.15) is 12.4 Å². The Morgan fingerprint density at radius 3 is 2.58 bits per heavy atom. The van der Waals surface area contributed by atoms with Crippen LogP contribution < -0.4 is 15.4 Å². The molecule has 1 amide bonds. The Morgan fingerprint density at radius 2 is 2.00 bits per heavy atom. The Balaban J connectivity index is 0.00000288. The zero-order valence-electron chi connectivity index (χ0n) is 14.7. The van der Waals surface area contributed by atoms with Gasteiger partial charge in [-0.2, -0.15) is 0 Å². The molecule has 0 aromatic heterocycles. The maximum atomic E-state index is 11.9. The number of nitrogens with zero attached hydrogens (tertiary/aromatic N) is 1. The number of likely N-dealkylation sites (N-methyl/N-ethyl adjacent to an activating group) is 1. The second-order valence-corrected chi connectivity index (χ2v) is 5.89. The number of benzene rings is 1. The predicted molar refractivity (Wildman–Crippen MR) is 99.8 cm³/mol. The summed E-state index contributed by atoms with van der Waals surface area (Å²) < 4.78 is 5.76. The minimum Gasteiger partial charge on any atom is -0.492 e. The highest BCUT2D eigenvalue weighted by atomic mass is 35.5. The molecule has 0 bridgehead atoms. The molecule has 0 unspecified atom stereocenters. The fraction of sp³-hybridized carbons (Fsp3) is 0.611. The highest BCUT2D eigenvalue weighted by Gasteiger charge is 2.21. The molecule has 2 rings (SSSR count). The van der Waals surface area contributed by atoms with Crippen molar-refractivity contribution in [3.8, 4) is 5.75 Å². The lowest BCUT2D eigenvalue weighted by Gasteiger charge is -2.18. The highest BCUT2D eigenvalue weighted by molar-refractivity contribution is 5.85. The molecule has 1 aliphatic rings. The van der Waals surface area contributed by atoms with E-state index in [1.54, 1.807) is 0 Å². The third-order valence-electron chi connectivity index (χ3n) is 4.34. The van der Waals surface area contributed by atoms with Gasteiger partial charge in [-0.3, -0.25) is 4.79 Å². The molecule has 0 radical (unpaired) electrons. The lowest BCUT2D eigenvalue weighted by atomic mass is 10.2. The van der Waals surface area contributed by atoms with Gasteiger partial charge in [-0.05, 0) is 50.2 Å². The number of carbonyl (C=O) groups excluding carboxylic acids is 1. The van der Waals surface area contributed by atoms with Crippen LogP contribution in [0.25, 0.3) is 0 Å². The Hall–Kier alpha value is -1.30. The fourth-order valence-electron chi connectivity index (χ4n) is 2.76. The van der Waals surface area contributed by atoms with Crippen molar-refractivity contribution in [2.75, 3.05) is 32.8 Å². The Kier molecular flexibility index (Phi) is 9.76. The minimum atomic E-state index is -0.0160. The lowest BCUT2D eigenvalue weighted by molar-refractivity contribution is -0.122. The molecule has 6 heteroatoms. The molecule has 2 N–H and O–H groups in total. The molecule has 1 heterocycles. The summed E-state index contributed by atoms with van der Waals surface area (Å²) in [7, 11) is 0. The number of nitrogens with one attached hydrogen (secondary N) is 2. The van der Waals surface area contributed by atoms with Crippen molar-refractivity contribution in [2.45, 2.75) is 39.3 Å². The van der Waals surface area contributed by atoms with Gasteiger partial charge in [0.25, 0.3) is 0 Å². The number of rotatable bonds is 9. The van der Waals surface area contributed by atoms with Crippen molar-refractivity contribution >= 4 is 18.3 Å². The lowest BCUT2D eigenvalue weighted by Crippen LogP contribution is -2.39. The average molecular weight is 356 g/mol. The molecule has 0 spiro atoms. The van der Waals surface area contributed by atoms with Crippen LogP contribution in [0.5, 0.6) is 5.75 Å². The molecule has 1 fully saturated rings. The molecule has 1 aliphatic heterocycles. The zero-order valence-corrected chi connectivity index (χ0v) is 15.5. The summed E-state index contributed by atoms with van der Waals surface area (Å²) in [6, 6.07) is 7.94. The Bertz CT molecular complexity index is 472. The van der Waals surface area contributed by atoms with Crippen LogP contribution in [0, 0.1) is 0 Å². The molecule has 1 atom stereocenters. The Morgan fingerprint density at radius 1 is 1.29 bits per heavy atom. The van der Waals surface area contributed by atoms with Gasteiger partial charge in [0.15, 0.2) is 0 Å². The van der Waals surface area contributed by atoms with Crippen LogP contribution in [0.4, 0.5) is 0 Å². The van der Waals surface area contributed by atoms with Crippen molar-refractivity contribution < 1.29 is 9.53 Å². The number of carbonyl (C=O) groups is 1. The van der Waals surface area contributed by atoms with E-state index in [1.807, 2.05) is 24.3 Å². The number of halogens is 1. The summed E-state index contributed by atoms with van der Waals surface area (Å²) in [4.78, 5) is 14.3. The van der Waals surface area contributed by atoms with Crippen LogP contribution >= 0.6 is 12.4 Å². The normalized spacial score (nSPS) is 16.7. The van der Waals surface area contributed by atoms with E-state index in [0.29, 0.717) is 13.2 Å². The molecular weight excluding hydrogens is 326 g/mol. The second kappa shape index (κ2) is 11.3. The quantitative estimate of drug-likeness (QED) is 0.713. The van der Waals surface area contributed by atoms with Gasteiger partial charge >= 0.3 is 0 Å². The maximum Gasteiger partial charge on any atom is 0.237 e. The van der Waals surface area contributed by atoms with Crippen molar-refractivity contribution in [2.24, 2.45) is 0 Å². The van der Waals surface area contributed by atoms with Crippen LogP contribution in [0.2, 0.25) is 0 Å². The first-order valence-corrected chi connectivity index (χ1v) is 8.68. The second-order valence-electron chi connectivity index (χ2n) is 5.89. The van der Waals surface area contributed by atoms with Crippen LogP contribution in [0.3, 0.4) is 0 Å². The SMILES string of the molecule is CCN(CC)CCOc1ccc(CNC(=O)[C@@H]2CCCN2)cc1.Cl. The van der Waals surface area contributed by atoms with E-state index in [4.69, 9.17) is 4.74 Å². The average Bonchev–Trinajstić information content (AvgIpc) is 3.12. The van der Waals surface area contributed by atoms with Gasteiger partial charge in [-0.1, -0.05) is 26.0 Å². The van der Waals surface area contributed by atoms with Crippen molar-refractivity contribution in [1.82, 2.24) is 15.5 Å². The fourth-order valence-corrected chi connectivity index (χ4v) is 2.76. The summed E-state index contributed by atoms with van der Waals surface area (Å²) in [6.07, 6.45) is 2.02. The third-order valence-corrected chi connectivity index (χ3v) is 4.34. The van der Waals surface area contributed by atoms with Gasteiger partial charge in [-0.15, -0.1) is 12.4 Å². The first kappa shape index (κ1) is 20.7. The summed E-state index contributed by atoms with van der Waals surface area (Å²) in [6.45, 7) is 9.57. The third kappa shape index (κ3) is 6.67. The molecule has 1 aromatic carbocycles. The summed E-state index contributed by atoms with van der Waals surface area (Å²) in [5, 5.41) is 6.19. The summed E-state index contributed by atoms with van der Waals surface area (Å²) in [5.74, 6) is 0.978. The van der Waals surface area contributed by atoms with E-state index in [1.165, 1.54) is 0 Å². The van der Waals surface area contributed by atoms with Crippen LogP contribution in [-0.2, 0) is 11.3 Å². The zero-order chi connectivity index (χ0) is 16.5. The van der Waals surface area contributed by atoms with Crippen LogP contribution in [0.1, 0.15) is 32.3 Å². The van der Waals surface area contributed by atoms with E-state index in [0.717, 1.165) is 50.3 Å². The molecule has 24 heavy (non-hydrogen) atoms. The van der Waals surface area contributed by atoms with Crippen molar-refractivity contribution in [1.29, 1.82) is 0 Å². The largest absolute Gasteiger partial charge is 0.492 e. The number of hydrogen-bond donors (Lipinski definition) is 2. The van der Waals surface area contributed by atoms with Gasteiger partial charge in [0, 0.05) is 13.1 Å². The molecule has 1 saturated heterocycles. The maximum absolute atomic E-state index is 11.9. The van der Waals surface area contributed by atoms with Crippen LogP contribution in [0.15, 0.2) is 24.3 Å². The van der Waals surface area contributed by atoms with Gasteiger partial charge in [0.2, 0.25) is 5.91 Å². The predicted octanol–water partition coefficient (Wildman–Crippen LogP) is 2.20. The minimum absolute atomic E-state index is 0. The molecule has 5 nitrogen and oxygen atoms in total. The molecule has 1 aromatic rings. The first-order valence-electron chi connectivity index (χ1n) is 8.68. The number of amides is 1. The van der Waals surface area contributed by atoms with Gasteiger partial charge < -0.3 is 20.3 Å². The molecule has 136 valence electrons. The van der Waals surface area contributed by atoms with Crippen molar-refractivity contribution in [3.63, 3.8) is 0 Å². The number of ether oxygens (including phenoxy) is 1. The van der Waals surface area contributed by atoms with E-state index >= 15 is 0 Å². The summed E-state index contributed by atoms with van der Waals surface area (Å²) in [5.41, 5.74) is 1.09. The van der Waals surface area contributed by atoms with E-state index < -0.39 is 0 Å². The van der Waals surface area contributed by atoms with Crippen molar-refractivity contribution in [3.05, 3.63) is 29.8 Å². The smallest absolute Gasteiger partial charge is 0.237 e. The van der Waals surface area contributed by atoms with Gasteiger partial charge in [0.05, 0.1) is 6.04 Å². The molecular formula is C18H30ClN3O2.